The number of nitrogens with zero attached hydrogens (tertiary/aromatic N) is 3. The van der Waals surface area contributed by atoms with Crippen LogP contribution in [0.25, 0.3) is 0 Å². The summed E-state index contributed by atoms with van der Waals surface area (Å²) in [6, 6.07) is 0. The third-order valence-corrected chi connectivity index (χ3v) is 4.61. The zero-order valence-corrected chi connectivity index (χ0v) is 12.1. The quantitative estimate of drug-likeness (QED) is 0.747. The lowest BCUT2D eigenvalue weighted by molar-refractivity contribution is -0.130. The summed E-state index contributed by atoms with van der Waals surface area (Å²) >= 11 is 0. The number of amides is 1. The molecule has 4 heteroatoms. The van der Waals surface area contributed by atoms with Gasteiger partial charge in [0.2, 0.25) is 5.91 Å². The Morgan fingerprint density at radius 2 is 1.78 bits per heavy atom. The van der Waals surface area contributed by atoms with Gasteiger partial charge in [-0.1, -0.05) is 0 Å². The van der Waals surface area contributed by atoms with Crippen LogP contribution in [0, 0.1) is 5.41 Å². The molecule has 18 heavy (non-hydrogen) atoms. The van der Waals surface area contributed by atoms with Crippen LogP contribution in [-0.2, 0) is 4.79 Å². The average Bonchev–Trinajstić information content (AvgIpc) is 2.75. The zero-order valence-electron chi connectivity index (χ0n) is 12.1. The monoisotopic (exact) mass is 253 g/mol. The summed E-state index contributed by atoms with van der Waals surface area (Å²) in [6.45, 7) is 5.24. The molecule has 0 aromatic carbocycles. The molecule has 0 N–H and O–H groups in total. The normalized spacial score (nSPS) is 24.1. The van der Waals surface area contributed by atoms with Crippen molar-refractivity contribution < 1.29 is 4.79 Å². The summed E-state index contributed by atoms with van der Waals surface area (Å²) in [5.41, 5.74) is 0.445. The molecule has 104 valence electrons. The molecule has 0 aromatic rings. The van der Waals surface area contributed by atoms with Gasteiger partial charge in [0, 0.05) is 26.1 Å². The van der Waals surface area contributed by atoms with Gasteiger partial charge in [0.1, 0.15) is 0 Å². The number of carbonyl (C=O) groups excluding carboxylic acids is 1. The molecule has 2 heterocycles. The van der Waals surface area contributed by atoms with Crippen LogP contribution in [0.15, 0.2) is 0 Å². The fourth-order valence-electron chi connectivity index (χ4n) is 3.13. The molecule has 2 aliphatic heterocycles. The molecule has 1 spiro atoms. The number of piperidine rings is 1. The van der Waals surface area contributed by atoms with Crippen molar-refractivity contribution in [1.82, 2.24) is 14.7 Å². The second-order valence-corrected chi connectivity index (χ2v) is 6.42. The Kier molecular flexibility index (Phi) is 4.28. The summed E-state index contributed by atoms with van der Waals surface area (Å²) in [4.78, 5) is 18.7. The molecule has 0 radical (unpaired) electrons. The molecule has 0 bridgehead atoms. The Morgan fingerprint density at radius 3 is 2.39 bits per heavy atom. The third-order valence-electron chi connectivity index (χ3n) is 4.61. The fourth-order valence-corrected chi connectivity index (χ4v) is 3.13. The van der Waals surface area contributed by atoms with E-state index in [0.29, 0.717) is 17.7 Å². The lowest BCUT2D eigenvalue weighted by atomic mass is 9.78. The van der Waals surface area contributed by atoms with Gasteiger partial charge in [-0.15, -0.1) is 0 Å². The highest BCUT2D eigenvalue weighted by atomic mass is 16.2. The SMILES string of the molecule is CN(C)CCC(=O)N1CCC2(CCN(C)CC2)C1. The van der Waals surface area contributed by atoms with E-state index in [9.17, 15) is 4.79 Å². The number of hydrogen-bond donors (Lipinski definition) is 0. The fraction of sp³-hybridized carbons (Fsp3) is 0.929. The molecule has 0 unspecified atom stereocenters. The summed E-state index contributed by atoms with van der Waals surface area (Å²) in [5.74, 6) is 0.347. The first-order valence-corrected chi connectivity index (χ1v) is 7.12. The average molecular weight is 253 g/mol. The maximum Gasteiger partial charge on any atom is 0.223 e. The van der Waals surface area contributed by atoms with Gasteiger partial charge in [0.05, 0.1) is 0 Å². The van der Waals surface area contributed by atoms with Crippen molar-refractivity contribution in [2.75, 3.05) is 53.9 Å². The molecule has 1 amide bonds. The van der Waals surface area contributed by atoms with Crippen LogP contribution in [0.5, 0.6) is 0 Å². The van der Waals surface area contributed by atoms with Crippen LogP contribution in [0.4, 0.5) is 0 Å². The van der Waals surface area contributed by atoms with Gasteiger partial charge in [0.25, 0.3) is 0 Å². The molecular weight excluding hydrogens is 226 g/mol. The number of hydrogen-bond acceptors (Lipinski definition) is 3. The Bertz CT molecular complexity index is 295. The smallest absolute Gasteiger partial charge is 0.223 e. The van der Waals surface area contributed by atoms with E-state index in [4.69, 9.17) is 0 Å². The Morgan fingerprint density at radius 1 is 1.17 bits per heavy atom. The molecule has 0 atom stereocenters. The second kappa shape index (κ2) is 5.57. The predicted octanol–water partition coefficient (Wildman–Crippen LogP) is 0.882. The largest absolute Gasteiger partial charge is 0.342 e. The van der Waals surface area contributed by atoms with Gasteiger partial charge in [-0.25, -0.2) is 0 Å². The molecule has 0 aliphatic carbocycles. The lowest BCUT2D eigenvalue weighted by Crippen LogP contribution is -2.40. The van der Waals surface area contributed by atoms with Crippen LogP contribution in [-0.4, -0.2) is 74.5 Å². The molecule has 2 aliphatic rings. The van der Waals surface area contributed by atoms with Gasteiger partial charge in [-0.2, -0.15) is 0 Å². The minimum absolute atomic E-state index is 0.347. The van der Waals surface area contributed by atoms with Crippen molar-refractivity contribution in [3.05, 3.63) is 0 Å². The van der Waals surface area contributed by atoms with Crippen LogP contribution >= 0.6 is 0 Å². The van der Waals surface area contributed by atoms with E-state index in [0.717, 1.165) is 19.6 Å². The molecule has 0 saturated carbocycles. The van der Waals surface area contributed by atoms with E-state index in [1.54, 1.807) is 0 Å². The third kappa shape index (κ3) is 3.23. The minimum atomic E-state index is 0.347. The Balaban J connectivity index is 1.82. The first-order chi connectivity index (χ1) is 8.51. The Labute approximate surface area is 111 Å². The van der Waals surface area contributed by atoms with Crippen LogP contribution in [0.3, 0.4) is 0 Å². The van der Waals surface area contributed by atoms with E-state index in [1.165, 1.54) is 32.4 Å². The maximum absolute atomic E-state index is 12.1. The van der Waals surface area contributed by atoms with Crippen molar-refractivity contribution >= 4 is 5.91 Å². The highest BCUT2D eigenvalue weighted by molar-refractivity contribution is 5.76. The molecule has 2 rings (SSSR count). The van der Waals surface area contributed by atoms with Crippen molar-refractivity contribution in [2.45, 2.75) is 25.7 Å². The van der Waals surface area contributed by atoms with E-state index in [-0.39, 0.29) is 0 Å². The Hall–Kier alpha value is -0.610. The lowest BCUT2D eigenvalue weighted by Gasteiger charge is -2.37. The van der Waals surface area contributed by atoms with E-state index in [1.807, 2.05) is 14.1 Å². The number of rotatable bonds is 3. The van der Waals surface area contributed by atoms with E-state index < -0.39 is 0 Å². The predicted molar refractivity (Wildman–Crippen MR) is 73.5 cm³/mol. The van der Waals surface area contributed by atoms with Crippen LogP contribution in [0.1, 0.15) is 25.7 Å². The highest BCUT2D eigenvalue weighted by Gasteiger charge is 2.41. The van der Waals surface area contributed by atoms with Crippen molar-refractivity contribution in [3.63, 3.8) is 0 Å². The molecule has 0 aromatic heterocycles. The van der Waals surface area contributed by atoms with Gasteiger partial charge in [-0.3, -0.25) is 4.79 Å². The standard InChI is InChI=1S/C14H27N3O/c1-15(2)8-4-13(18)17-11-7-14(12-17)5-9-16(3)10-6-14/h4-12H2,1-3H3. The minimum Gasteiger partial charge on any atom is -0.342 e. The summed E-state index contributed by atoms with van der Waals surface area (Å²) in [6.07, 6.45) is 4.42. The van der Waals surface area contributed by atoms with Crippen molar-refractivity contribution in [2.24, 2.45) is 5.41 Å². The number of likely N-dealkylation sites (tertiary alicyclic amines) is 2. The van der Waals surface area contributed by atoms with E-state index in [2.05, 4.69) is 21.7 Å². The van der Waals surface area contributed by atoms with Crippen LogP contribution in [0.2, 0.25) is 0 Å². The summed E-state index contributed by atoms with van der Waals surface area (Å²) < 4.78 is 0. The molecule has 2 fully saturated rings. The first-order valence-electron chi connectivity index (χ1n) is 7.12. The summed E-state index contributed by atoms with van der Waals surface area (Å²) in [5, 5.41) is 0. The topological polar surface area (TPSA) is 26.8 Å². The van der Waals surface area contributed by atoms with Gasteiger partial charge in [0.15, 0.2) is 0 Å². The van der Waals surface area contributed by atoms with Crippen molar-refractivity contribution in [3.8, 4) is 0 Å². The number of carbonyl (C=O) groups is 1. The molecule has 2 saturated heterocycles. The van der Waals surface area contributed by atoms with Gasteiger partial charge < -0.3 is 14.7 Å². The highest BCUT2D eigenvalue weighted by Crippen LogP contribution is 2.40. The van der Waals surface area contributed by atoms with E-state index >= 15 is 0 Å². The summed E-state index contributed by atoms with van der Waals surface area (Å²) in [7, 11) is 6.24. The molecular formula is C14H27N3O. The second-order valence-electron chi connectivity index (χ2n) is 6.42. The van der Waals surface area contributed by atoms with Crippen molar-refractivity contribution in [1.29, 1.82) is 0 Å². The molecule has 4 nitrogen and oxygen atoms in total. The zero-order chi connectivity index (χ0) is 13.2. The van der Waals surface area contributed by atoms with Gasteiger partial charge in [-0.05, 0) is 58.9 Å². The maximum atomic E-state index is 12.1. The van der Waals surface area contributed by atoms with Crippen LogP contribution < -0.4 is 0 Å². The first kappa shape index (κ1) is 13.8. The van der Waals surface area contributed by atoms with Gasteiger partial charge >= 0.3 is 0 Å².